The molecule has 0 bridgehead atoms. The average molecular weight is 368 g/mol. The lowest BCUT2D eigenvalue weighted by Gasteiger charge is -2.08. The van der Waals surface area contributed by atoms with Gasteiger partial charge in [-0.15, -0.1) is 11.3 Å². The molecule has 6 nitrogen and oxygen atoms in total. The summed E-state index contributed by atoms with van der Waals surface area (Å²) in [6, 6.07) is 13.8. The third kappa shape index (κ3) is 4.46. The summed E-state index contributed by atoms with van der Waals surface area (Å²) in [5, 5.41) is 14.4. The number of thiazole rings is 1. The van der Waals surface area contributed by atoms with Gasteiger partial charge in [0.15, 0.2) is 6.61 Å². The van der Waals surface area contributed by atoms with Gasteiger partial charge in [-0.25, -0.2) is 9.78 Å². The number of carbonyl (C=O) groups is 2. The molecule has 0 saturated heterocycles. The van der Waals surface area contributed by atoms with Gasteiger partial charge in [0, 0.05) is 27.9 Å². The van der Waals surface area contributed by atoms with Gasteiger partial charge in [0.2, 0.25) is 0 Å². The third-order valence-electron chi connectivity index (χ3n) is 3.47. The van der Waals surface area contributed by atoms with Crippen molar-refractivity contribution in [3.63, 3.8) is 0 Å². The number of nitrogens with zero attached hydrogens (tertiary/aromatic N) is 1. The molecular weight excluding hydrogens is 352 g/mol. The van der Waals surface area contributed by atoms with Crippen LogP contribution in [0.3, 0.4) is 0 Å². The number of amides is 1. The van der Waals surface area contributed by atoms with Crippen molar-refractivity contribution >= 4 is 28.9 Å². The van der Waals surface area contributed by atoms with Crippen molar-refractivity contribution in [1.82, 2.24) is 4.98 Å². The molecule has 1 heterocycles. The zero-order valence-corrected chi connectivity index (χ0v) is 14.7. The Hall–Kier alpha value is -3.19. The number of rotatable bonds is 6. The number of aryl methyl sites for hydroxylation is 1. The highest BCUT2D eigenvalue weighted by Crippen LogP contribution is 2.25. The van der Waals surface area contributed by atoms with Crippen molar-refractivity contribution in [3.05, 3.63) is 65.2 Å². The highest BCUT2D eigenvalue weighted by atomic mass is 32.1. The first-order valence-electron chi connectivity index (χ1n) is 7.80. The van der Waals surface area contributed by atoms with Crippen LogP contribution < -0.4 is 10.1 Å². The smallest absolute Gasteiger partial charge is 0.341 e. The quantitative estimate of drug-likeness (QED) is 0.690. The van der Waals surface area contributed by atoms with Gasteiger partial charge in [0.1, 0.15) is 10.8 Å². The fourth-order valence-corrected chi connectivity index (χ4v) is 3.06. The van der Waals surface area contributed by atoms with Gasteiger partial charge in [-0.3, -0.25) is 4.79 Å². The van der Waals surface area contributed by atoms with Crippen LogP contribution in [0.2, 0.25) is 0 Å². The predicted molar refractivity (Wildman–Crippen MR) is 99.8 cm³/mol. The molecule has 1 amide bonds. The molecule has 0 atom stereocenters. The van der Waals surface area contributed by atoms with E-state index in [1.54, 1.807) is 29.5 Å². The number of aliphatic carboxylic acids is 1. The molecule has 7 heteroatoms. The Kier molecular flexibility index (Phi) is 5.28. The summed E-state index contributed by atoms with van der Waals surface area (Å²) in [7, 11) is 0. The highest BCUT2D eigenvalue weighted by Gasteiger charge is 2.09. The van der Waals surface area contributed by atoms with Crippen molar-refractivity contribution in [1.29, 1.82) is 0 Å². The second kappa shape index (κ2) is 7.79. The van der Waals surface area contributed by atoms with Gasteiger partial charge >= 0.3 is 5.97 Å². The van der Waals surface area contributed by atoms with E-state index < -0.39 is 12.6 Å². The van der Waals surface area contributed by atoms with Crippen LogP contribution in [0, 0.1) is 6.92 Å². The first-order valence-corrected chi connectivity index (χ1v) is 8.68. The van der Waals surface area contributed by atoms with Gasteiger partial charge in [0.05, 0.1) is 0 Å². The van der Waals surface area contributed by atoms with Crippen molar-refractivity contribution in [2.75, 3.05) is 11.9 Å². The van der Waals surface area contributed by atoms with Gasteiger partial charge in [-0.2, -0.15) is 0 Å². The van der Waals surface area contributed by atoms with Crippen molar-refractivity contribution in [2.24, 2.45) is 0 Å². The summed E-state index contributed by atoms with van der Waals surface area (Å²) in [6.07, 6.45) is 0. The number of ether oxygens (including phenoxy) is 1. The Labute approximate surface area is 154 Å². The number of aromatic nitrogens is 1. The van der Waals surface area contributed by atoms with Crippen LogP contribution in [-0.4, -0.2) is 28.6 Å². The van der Waals surface area contributed by atoms with Gasteiger partial charge in [0.25, 0.3) is 5.91 Å². The molecule has 0 aliphatic carbocycles. The number of carbonyl (C=O) groups excluding carboxylic acids is 1. The highest BCUT2D eigenvalue weighted by molar-refractivity contribution is 7.13. The zero-order valence-electron chi connectivity index (χ0n) is 13.9. The summed E-state index contributed by atoms with van der Waals surface area (Å²) in [5.41, 5.74) is 3.01. The summed E-state index contributed by atoms with van der Waals surface area (Å²) in [4.78, 5) is 27.4. The molecule has 2 aromatic carbocycles. The molecule has 0 fully saturated rings. The van der Waals surface area contributed by atoms with Crippen LogP contribution in [0.25, 0.3) is 10.6 Å². The molecule has 0 spiro atoms. The topological polar surface area (TPSA) is 88.5 Å². The minimum absolute atomic E-state index is 0.302. The molecule has 0 saturated carbocycles. The number of carboxylic acid groups (broad SMARTS) is 1. The number of carboxylic acids is 1. The Morgan fingerprint density at radius 1 is 1.19 bits per heavy atom. The number of hydrogen-bond acceptors (Lipinski definition) is 5. The van der Waals surface area contributed by atoms with Crippen LogP contribution in [0.5, 0.6) is 5.75 Å². The summed E-state index contributed by atoms with van der Waals surface area (Å²) < 4.78 is 5.09. The molecule has 0 unspecified atom stereocenters. The maximum absolute atomic E-state index is 12.4. The van der Waals surface area contributed by atoms with E-state index in [-0.39, 0.29) is 5.91 Å². The van der Waals surface area contributed by atoms with E-state index in [0.29, 0.717) is 17.0 Å². The first kappa shape index (κ1) is 17.6. The average Bonchev–Trinajstić information content (AvgIpc) is 3.07. The van der Waals surface area contributed by atoms with Crippen LogP contribution in [0.1, 0.15) is 16.1 Å². The third-order valence-corrected chi connectivity index (χ3v) is 4.48. The predicted octanol–water partition coefficient (Wildman–Crippen LogP) is 3.83. The second-order valence-electron chi connectivity index (χ2n) is 5.54. The molecule has 0 aliphatic heterocycles. The molecule has 0 radical (unpaired) electrons. The minimum atomic E-state index is -1.07. The lowest BCUT2D eigenvalue weighted by atomic mass is 10.1. The van der Waals surface area contributed by atoms with E-state index in [1.165, 1.54) is 6.07 Å². The maximum atomic E-state index is 12.4. The molecule has 0 aliphatic rings. The van der Waals surface area contributed by atoms with E-state index >= 15 is 0 Å². The molecule has 1 aromatic heterocycles. The minimum Gasteiger partial charge on any atom is -0.482 e. The zero-order chi connectivity index (χ0) is 18.5. The Bertz CT molecular complexity index is 935. The van der Waals surface area contributed by atoms with E-state index in [1.807, 2.05) is 36.6 Å². The van der Waals surface area contributed by atoms with Crippen molar-refractivity contribution in [3.8, 4) is 16.3 Å². The largest absolute Gasteiger partial charge is 0.482 e. The van der Waals surface area contributed by atoms with Crippen LogP contribution in [-0.2, 0) is 4.79 Å². The summed E-state index contributed by atoms with van der Waals surface area (Å²) >= 11 is 1.57. The van der Waals surface area contributed by atoms with Crippen LogP contribution >= 0.6 is 11.3 Å². The van der Waals surface area contributed by atoms with Gasteiger partial charge in [-0.05, 0) is 49.4 Å². The number of nitrogens with one attached hydrogen (secondary N) is 1. The fraction of sp³-hybridized carbons (Fsp3) is 0.105. The molecular formula is C19H16N2O4S. The lowest BCUT2D eigenvalue weighted by Crippen LogP contribution is -2.13. The molecule has 3 rings (SSSR count). The Morgan fingerprint density at radius 3 is 2.62 bits per heavy atom. The van der Waals surface area contributed by atoms with Crippen molar-refractivity contribution < 1.29 is 19.4 Å². The second-order valence-corrected chi connectivity index (χ2v) is 6.39. The molecule has 2 N–H and O–H groups in total. The Balaban J connectivity index is 1.68. The van der Waals surface area contributed by atoms with Gasteiger partial charge < -0.3 is 15.2 Å². The number of benzene rings is 2. The number of hydrogen-bond donors (Lipinski definition) is 2. The number of anilines is 1. The first-order chi connectivity index (χ1) is 12.5. The van der Waals surface area contributed by atoms with E-state index in [9.17, 15) is 9.59 Å². The monoisotopic (exact) mass is 368 g/mol. The standard InChI is InChI=1S/C19H16N2O4S/c1-12-11-26-19(20-12)13-5-7-15(8-6-13)21-18(24)14-3-2-4-16(9-14)25-10-17(22)23/h2-9,11H,10H2,1H3,(H,21,24)(H,22,23). The van der Waals surface area contributed by atoms with E-state index in [4.69, 9.17) is 9.84 Å². The van der Waals surface area contributed by atoms with E-state index in [2.05, 4.69) is 10.3 Å². The summed E-state index contributed by atoms with van der Waals surface area (Å²) in [6.45, 7) is 1.49. The summed E-state index contributed by atoms with van der Waals surface area (Å²) in [5.74, 6) is -1.05. The molecule has 132 valence electrons. The van der Waals surface area contributed by atoms with Crippen LogP contribution in [0.15, 0.2) is 53.9 Å². The Morgan fingerprint density at radius 2 is 1.96 bits per heavy atom. The van der Waals surface area contributed by atoms with Gasteiger partial charge in [-0.1, -0.05) is 6.07 Å². The molecule has 26 heavy (non-hydrogen) atoms. The van der Waals surface area contributed by atoms with Crippen LogP contribution in [0.4, 0.5) is 5.69 Å². The SMILES string of the molecule is Cc1csc(-c2ccc(NC(=O)c3cccc(OCC(=O)O)c3)cc2)n1. The van der Waals surface area contributed by atoms with Crippen molar-refractivity contribution in [2.45, 2.75) is 6.92 Å². The van der Waals surface area contributed by atoms with E-state index in [0.717, 1.165) is 16.3 Å². The fourth-order valence-electron chi connectivity index (χ4n) is 2.26. The lowest BCUT2D eigenvalue weighted by molar-refractivity contribution is -0.139. The normalized spacial score (nSPS) is 10.3. The molecule has 3 aromatic rings. The maximum Gasteiger partial charge on any atom is 0.341 e.